The summed E-state index contributed by atoms with van der Waals surface area (Å²) in [6, 6.07) is 0. The van der Waals surface area contributed by atoms with Crippen molar-refractivity contribution in [2.45, 2.75) is 44.6 Å². The van der Waals surface area contributed by atoms with E-state index >= 15 is 0 Å². The predicted molar refractivity (Wildman–Crippen MR) is 53.5 cm³/mol. The SMILES string of the molecule is C=CCCCCCC(C)(N)C(=O)O. The van der Waals surface area contributed by atoms with Crippen molar-refractivity contribution in [2.24, 2.45) is 5.73 Å². The maximum Gasteiger partial charge on any atom is 0.323 e. The maximum absolute atomic E-state index is 10.6. The summed E-state index contributed by atoms with van der Waals surface area (Å²) < 4.78 is 0. The summed E-state index contributed by atoms with van der Waals surface area (Å²) in [5.41, 5.74) is 4.49. The van der Waals surface area contributed by atoms with E-state index in [1.54, 1.807) is 6.92 Å². The first kappa shape index (κ1) is 12.2. The number of hydrogen-bond donors (Lipinski definition) is 2. The summed E-state index contributed by atoms with van der Waals surface area (Å²) in [7, 11) is 0. The fourth-order valence-electron chi connectivity index (χ4n) is 1.06. The first-order valence-corrected chi connectivity index (χ1v) is 4.64. The van der Waals surface area contributed by atoms with Gasteiger partial charge in [-0.25, -0.2) is 0 Å². The van der Waals surface area contributed by atoms with Crippen LogP contribution in [-0.2, 0) is 4.79 Å². The second-order valence-corrected chi connectivity index (χ2v) is 3.61. The average Bonchev–Trinajstić information content (AvgIpc) is 2.03. The second-order valence-electron chi connectivity index (χ2n) is 3.61. The average molecular weight is 185 g/mol. The highest BCUT2D eigenvalue weighted by Crippen LogP contribution is 2.12. The Labute approximate surface area is 79.6 Å². The van der Waals surface area contributed by atoms with Crippen LogP contribution in [0.1, 0.15) is 39.0 Å². The Bertz CT molecular complexity index is 176. The van der Waals surface area contributed by atoms with Crippen molar-refractivity contribution in [1.29, 1.82) is 0 Å². The number of unbranched alkanes of at least 4 members (excludes halogenated alkanes) is 3. The lowest BCUT2D eigenvalue weighted by Gasteiger charge is -2.18. The van der Waals surface area contributed by atoms with Crippen molar-refractivity contribution in [3.05, 3.63) is 12.7 Å². The minimum atomic E-state index is -1.06. The zero-order valence-corrected chi connectivity index (χ0v) is 8.25. The number of carbonyl (C=O) groups is 1. The summed E-state index contributed by atoms with van der Waals surface area (Å²) in [4.78, 5) is 10.6. The van der Waals surface area contributed by atoms with E-state index in [1.165, 1.54) is 0 Å². The molecule has 3 heteroatoms. The Morgan fingerprint density at radius 2 is 2.15 bits per heavy atom. The van der Waals surface area contributed by atoms with Gasteiger partial charge in [0.15, 0.2) is 0 Å². The Kier molecular flexibility index (Phi) is 5.39. The highest BCUT2D eigenvalue weighted by atomic mass is 16.4. The third-order valence-corrected chi connectivity index (χ3v) is 2.09. The van der Waals surface area contributed by atoms with Gasteiger partial charge in [-0.3, -0.25) is 4.79 Å². The van der Waals surface area contributed by atoms with Crippen LogP contribution in [0.15, 0.2) is 12.7 Å². The number of carboxylic acids is 1. The standard InChI is InChI=1S/C10H19NO2/c1-3-4-5-6-7-8-10(2,11)9(12)13/h3H,1,4-8,11H2,2H3,(H,12,13). The zero-order valence-electron chi connectivity index (χ0n) is 8.25. The minimum absolute atomic E-state index is 0.541. The van der Waals surface area contributed by atoms with Crippen LogP contribution in [0.25, 0.3) is 0 Å². The molecule has 1 unspecified atom stereocenters. The van der Waals surface area contributed by atoms with Crippen LogP contribution >= 0.6 is 0 Å². The van der Waals surface area contributed by atoms with E-state index in [9.17, 15) is 4.79 Å². The second kappa shape index (κ2) is 5.75. The van der Waals surface area contributed by atoms with Crippen molar-refractivity contribution in [3.63, 3.8) is 0 Å². The van der Waals surface area contributed by atoms with E-state index in [2.05, 4.69) is 6.58 Å². The number of allylic oxidation sites excluding steroid dienone is 1. The van der Waals surface area contributed by atoms with Crippen molar-refractivity contribution in [3.8, 4) is 0 Å². The summed E-state index contributed by atoms with van der Waals surface area (Å²) in [5, 5.41) is 8.70. The van der Waals surface area contributed by atoms with Crippen molar-refractivity contribution in [1.82, 2.24) is 0 Å². The lowest BCUT2D eigenvalue weighted by molar-refractivity contribution is -0.142. The fourth-order valence-corrected chi connectivity index (χ4v) is 1.06. The van der Waals surface area contributed by atoms with Gasteiger partial charge in [-0.15, -0.1) is 6.58 Å². The molecule has 0 spiro atoms. The summed E-state index contributed by atoms with van der Waals surface area (Å²) >= 11 is 0. The highest BCUT2D eigenvalue weighted by molar-refractivity contribution is 5.77. The highest BCUT2D eigenvalue weighted by Gasteiger charge is 2.26. The predicted octanol–water partition coefficient (Wildman–Crippen LogP) is 1.92. The molecule has 0 aromatic heterocycles. The normalized spacial score (nSPS) is 14.9. The molecule has 0 heterocycles. The third kappa shape index (κ3) is 5.42. The molecule has 0 rings (SSSR count). The van der Waals surface area contributed by atoms with Gasteiger partial charge in [0.05, 0.1) is 0 Å². The molecule has 0 saturated carbocycles. The number of hydrogen-bond acceptors (Lipinski definition) is 2. The lowest BCUT2D eigenvalue weighted by atomic mass is 9.95. The molecule has 0 aromatic carbocycles. The molecule has 0 saturated heterocycles. The Morgan fingerprint density at radius 3 is 2.62 bits per heavy atom. The summed E-state index contributed by atoms with van der Waals surface area (Å²) in [6.45, 7) is 5.17. The first-order chi connectivity index (χ1) is 6.00. The van der Waals surface area contributed by atoms with Gasteiger partial charge in [0.2, 0.25) is 0 Å². The molecule has 3 nitrogen and oxygen atoms in total. The van der Waals surface area contributed by atoms with Gasteiger partial charge in [-0.1, -0.05) is 18.9 Å². The summed E-state index contributed by atoms with van der Waals surface area (Å²) in [5.74, 6) is -0.920. The van der Waals surface area contributed by atoms with Crippen LogP contribution in [0.5, 0.6) is 0 Å². The maximum atomic E-state index is 10.6. The molecule has 0 bridgehead atoms. The largest absolute Gasteiger partial charge is 0.480 e. The van der Waals surface area contributed by atoms with E-state index in [-0.39, 0.29) is 0 Å². The van der Waals surface area contributed by atoms with Gasteiger partial charge in [0.25, 0.3) is 0 Å². The molecule has 0 aliphatic carbocycles. The van der Waals surface area contributed by atoms with Crippen molar-refractivity contribution < 1.29 is 9.90 Å². The molecule has 0 amide bonds. The summed E-state index contributed by atoms with van der Waals surface area (Å²) in [6.07, 6.45) is 6.37. The van der Waals surface area contributed by atoms with Gasteiger partial charge in [0.1, 0.15) is 5.54 Å². The molecule has 0 fully saturated rings. The smallest absolute Gasteiger partial charge is 0.323 e. The minimum Gasteiger partial charge on any atom is -0.480 e. The molecule has 76 valence electrons. The van der Waals surface area contributed by atoms with Crippen LogP contribution in [0.2, 0.25) is 0 Å². The number of nitrogens with two attached hydrogens (primary N) is 1. The zero-order chi connectivity index (χ0) is 10.3. The van der Waals surface area contributed by atoms with E-state index < -0.39 is 11.5 Å². The Morgan fingerprint density at radius 1 is 1.54 bits per heavy atom. The molecule has 13 heavy (non-hydrogen) atoms. The molecule has 1 atom stereocenters. The van der Waals surface area contributed by atoms with Crippen LogP contribution in [0.3, 0.4) is 0 Å². The van der Waals surface area contributed by atoms with Crippen LogP contribution < -0.4 is 5.73 Å². The van der Waals surface area contributed by atoms with Crippen LogP contribution in [-0.4, -0.2) is 16.6 Å². The Hall–Kier alpha value is -0.830. The quantitative estimate of drug-likeness (QED) is 0.470. The van der Waals surface area contributed by atoms with Gasteiger partial charge < -0.3 is 10.8 Å². The van der Waals surface area contributed by atoms with Crippen molar-refractivity contribution >= 4 is 5.97 Å². The number of rotatable bonds is 7. The molecule has 0 aromatic rings. The topological polar surface area (TPSA) is 63.3 Å². The van der Waals surface area contributed by atoms with Gasteiger partial charge in [0, 0.05) is 0 Å². The molecule has 0 radical (unpaired) electrons. The molecule has 3 N–H and O–H groups in total. The van der Waals surface area contributed by atoms with E-state index in [0.717, 1.165) is 25.7 Å². The number of aliphatic carboxylic acids is 1. The monoisotopic (exact) mass is 185 g/mol. The number of carboxylic acid groups (broad SMARTS) is 1. The molecular weight excluding hydrogens is 166 g/mol. The molecule has 0 aliphatic rings. The van der Waals surface area contributed by atoms with Crippen LogP contribution in [0, 0.1) is 0 Å². The van der Waals surface area contributed by atoms with E-state index in [4.69, 9.17) is 10.8 Å². The van der Waals surface area contributed by atoms with E-state index in [1.807, 2.05) is 6.08 Å². The van der Waals surface area contributed by atoms with Crippen LogP contribution in [0.4, 0.5) is 0 Å². The van der Waals surface area contributed by atoms with Crippen molar-refractivity contribution in [2.75, 3.05) is 0 Å². The lowest BCUT2D eigenvalue weighted by Crippen LogP contribution is -2.44. The van der Waals surface area contributed by atoms with Gasteiger partial charge in [-0.05, 0) is 26.2 Å². The fraction of sp³-hybridized carbons (Fsp3) is 0.700. The third-order valence-electron chi connectivity index (χ3n) is 2.09. The molecule has 0 aliphatic heterocycles. The van der Waals surface area contributed by atoms with Gasteiger partial charge in [-0.2, -0.15) is 0 Å². The molecular formula is C10H19NO2. The van der Waals surface area contributed by atoms with E-state index in [0.29, 0.717) is 6.42 Å². The Balaban J connectivity index is 3.52. The first-order valence-electron chi connectivity index (χ1n) is 4.64. The van der Waals surface area contributed by atoms with Gasteiger partial charge >= 0.3 is 5.97 Å².